The fourth-order valence-electron chi connectivity index (χ4n) is 2.22. The van der Waals surface area contributed by atoms with Crippen LogP contribution in [0.5, 0.6) is 0 Å². The van der Waals surface area contributed by atoms with Gasteiger partial charge in [-0.15, -0.1) is 0 Å². The highest BCUT2D eigenvalue weighted by Crippen LogP contribution is 2.34. The molecule has 1 amide bonds. The number of nitrogens with two attached hydrogens (primary N) is 1. The van der Waals surface area contributed by atoms with E-state index in [4.69, 9.17) is 5.73 Å². The number of hydrogen-bond donors (Lipinski definition) is 3. The second-order valence-corrected chi connectivity index (χ2v) is 5.91. The minimum Gasteiger partial charge on any atom is -0.396 e. The number of aromatic nitrogens is 1. The summed E-state index contributed by atoms with van der Waals surface area (Å²) in [6, 6.07) is 0.0587. The zero-order chi connectivity index (χ0) is 14.0. The predicted octanol–water partition coefficient (Wildman–Crippen LogP) is 0.682. The monoisotopic (exact) mass is 284 g/mol. The van der Waals surface area contributed by atoms with E-state index in [1.165, 1.54) is 11.5 Å². The highest BCUT2D eigenvalue weighted by Gasteiger charge is 2.29. The fraction of sp³-hybridized carbons (Fsp3) is 0.667. The van der Waals surface area contributed by atoms with Crippen LogP contribution in [-0.4, -0.2) is 41.1 Å². The summed E-state index contributed by atoms with van der Waals surface area (Å²) in [7, 11) is 0. The van der Waals surface area contributed by atoms with Gasteiger partial charge < -0.3 is 21.1 Å². The Balaban J connectivity index is 2.20. The Kier molecular flexibility index (Phi) is 4.26. The van der Waals surface area contributed by atoms with E-state index in [-0.39, 0.29) is 30.3 Å². The van der Waals surface area contributed by atoms with Crippen molar-refractivity contribution < 1.29 is 9.90 Å². The van der Waals surface area contributed by atoms with Crippen molar-refractivity contribution in [3.8, 4) is 0 Å². The SMILES string of the molecule is CC(C)NC(=O)c1c(N)nsc1N1CCC(CO)C1. The van der Waals surface area contributed by atoms with Crippen molar-refractivity contribution in [1.82, 2.24) is 9.69 Å². The van der Waals surface area contributed by atoms with Gasteiger partial charge in [-0.3, -0.25) is 4.79 Å². The maximum atomic E-state index is 12.2. The smallest absolute Gasteiger partial charge is 0.258 e. The number of nitrogens with one attached hydrogen (secondary N) is 1. The molecular formula is C12H20N4O2S. The quantitative estimate of drug-likeness (QED) is 0.756. The number of nitrogen functional groups attached to an aromatic ring is 1. The van der Waals surface area contributed by atoms with E-state index in [9.17, 15) is 9.90 Å². The molecule has 0 bridgehead atoms. The normalized spacial score (nSPS) is 19.2. The standard InChI is InChI=1S/C12H20N4O2S/c1-7(2)14-11(18)9-10(13)15-19-12(9)16-4-3-8(5-16)6-17/h7-8,17H,3-6H2,1-2H3,(H2,13,15)(H,14,18). The molecule has 1 aliphatic heterocycles. The molecule has 1 atom stereocenters. The van der Waals surface area contributed by atoms with Crippen molar-refractivity contribution >= 4 is 28.3 Å². The molecule has 1 aromatic heterocycles. The topological polar surface area (TPSA) is 91.5 Å². The molecule has 2 heterocycles. The van der Waals surface area contributed by atoms with Gasteiger partial charge in [-0.25, -0.2) is 0 Å². The molecule has 0 aliphatic carbocycles. The Morgan fingerprint density at radius 3 is 3.00 bits per heavy atom. The highest BCUT2D eigenvalue weighted by atomic mass is 32.1. The molecule has 0 spiro atoms. The Morgan fingerprint density at radius 2 is 2.42 bits per heavy atom. The largest absolute Gasteiger partial charge is 0.396 e. The molecule has 4 N–H and O–H groups in total. The van der Waals surface area contributed by atoms with Crippen LogP contribution in [0.4, 0.5) is 10.8 Å². The fourth-order valence-corrected chi connectivity index (χ4v) is 3.07. The number of carbonyl (C=O) groups is 1. The van der Waals surface area contributed by atoms with Crippen molar-refractivity contribution in [1.29, 1.82) is 0 Å². The van der Waals surface area contributed by atoms with Crippen LogP contribution in [0.25, 0.3) is 0 Å². The summed E-state index contributed by atoms with van der Waals surface area (Å²) in [6.45, 7) is 5.57. The predicted molar refractivity (Wildman–Crippen MR) is 76.5 cm³/mol. The van der Waals surface area contributed by atoms with Gasteiger partial charge in [0.15, 0.2) is 5.82 Å². The summed E-state index contributed by atoms with van der Waals surface area (Å²) in [4.78, 5) is 14.3. The first kappa shape index (κ1) is 14.1. The lowest BCUT2D eigenvalue weighted by atomic mass is 10.1. The first-order valence-electron chi connectivity index (χ1n) is 6.44. The van der Waals surface area contributed by atoms with E-state index in [0.29, 0.717) is 5.56 Å². The van der Waals surface area contributed by atoms with Crippen molar-refractivity contribution in [3.63, 3.8) is 0 Å². The maximum absolute atomic E-state index is 12.2. The van der Waals surface area contributed by atoms with Crippen LogP contribution in [0.2, 0.25) is 0 Å². The first-order valence-corrected chi connectivity index (χ1v) is 7.22. The van der Waals surface area contributed by atoms with E-state index in [1.807, 2.05) is 13.8 Å². The van der Waals surface area contributed by atoms with Crippen LogP contribution < -0.4 is 16.0 Å². The molecule has 1 unspecified atom stereocenters. The molecule has 0 aromatic carbocycles. The minimum absolute atomic E-state index is 0.0587. The van der Waals surface area contributed by atoms with Crippen LogP contribution in [0, 0.1) is 5.92 Å². The zero-order valence-corrected chi connectivity index (χ0v) is 12.0. The Morgan fingerprint density at radius 1 is 1.68 bits per heavy atom. The molecule has 19 heavy (non-hydrogen) atoms. The van der Waals surface area contributed by atoms with Gasteiger partial charge in [0.05, 0.1) is 0 Å². The molecule has 1 saturated heterocycles. The molecule has 106 valence electrons. The van der Waals surface area contributed by atoms with Crippen LogP contribution >= 0.6 is 11.5 Å². The van der Waals surface area contributed by atoms with Gasteiger partial charge in [0.25, 0.3) is 5.91 Å². The average molecular weight is 284 g/mol. The third kappa shape index (κ3) is 2.98. The van der Waals surface area contributed by atoms with Gasteiger partial charge in [0.1, 0.15) is 10.6 Å². The molecule has 1 fully saturated rings. The molecule has 1 aromatic rings. The molecule has 1 aliphatic rings. The summed E-state index contributed by atoms with van der Waals surface area (Å²) in [5.41, 5.74) is 6.28. The molecule has 0 radical (unpaired) electrons. The molecule has 2 rings (SSSR count). The lowest BCUT2D eigenvalue weighted by Gasteiger charge is -2.18. The van der Waals surface area contributed by atoms with Crippen molar-refractivity contribution in [2.24, 2.45) is 5.92 Å². The van der Waals surface area contributed by atoms with Gasteiger partial charge in [-0.2, -0.15) is 4.37 Å². The lowest BCUT2D eigenvalue weighted by molar-refractivity contribution is 0.0945. The molecule has 0 saturated carbocycles. The summed E-state index contributed by atoms with van der Waals surface area (Å²) < 4.78 is 4.09. The number of hydrogen-bond acceptors (Lipinski definition) is 6. The van der Waals surface area contributed by atoms with Gasteiger partial charge >= 0.3 is 0 Å². The molecule has 6 nitrogen and oxygen atoms in total. The second-order valence-electron chi connectivity index (χ2n) is 5.16. The van der Waals surface area contributed by atoms with Crippen LogP contribution in [-0.2, 0) is 0 Å². The van der Waals surface area contributed by atoms with E-state index >= 15 is 0 Å². The third-order valence-electron chi connectivity index (χ3n) is 3.18. The minimum atomic E-state index is -0.177. The Hall–Kier alpha value is -1.34. The zero-order valence-electron chi connectivity index (χ0n) is 11.2. The summed E-state index contributed by atoms with van der Waals surface area (Å²) >= 11 is 1.25. The van der Waals surface area contributed by atoms with Crippen LogP contribution in [0.15, 0.2) is 0 Å². The number of anilines is 2. The summed E-state index contributed by atoms with van der Waals surface area (Å²) in [6.07, 6.45) is 0.930. The van der Waals surface area contributed by atoms with Gasteiger partial charge in [-0.05, 0) is 31.8 Å². The van der Waals surface area contributed by atoms with Crippen molar-refractivity contribution in [2.75, 3.05) is 30.3 Å². The van der Waals surface area contributed by atoms with Gasteiger partial charge in [0, 0.05) is 31.7 Å². The number of rotatable bonds is 4. The van der Waals surface area contributed by atoms with Crippen LogP contribution in [0.1, 0.15) is 30.6 Å². The molecule has 7 heteroatoms. The van der Waals surface area contributed by atoms with E-state index < -0.39 is 0 Å². The average Bonchev–Trinajstić information content (AvgIpc) is 2.93. The van der Waals surface area contributed by atoms with Crippen LogP contribution in [0.3, 0.4) is 0 Å². The Labute approximate surface area is 116 Å². The van der Waals surface area contributed by atoms with E-state index in [1.54, 1.807) is 0 Å². The lowest BCUT2D eigenvalue weighted by Crippen LogP contribution is -2.32. The van der Waals surface area contributed by atoms with E-state index in [0.717, 1.165) is 24.5 Å². The van der Waals surface area contributed by atoms with Gasteiger partial charge in [-0.1, -0.05) is 0 Å². The van der Waals surface area contributed by atoms with Crippen molar-refractivity contribution in [3.05, 3.63) is 5.56 Å². The number of carbonyl (C=O) groups excluding carboxylic acids is 1. The summed E-state index contributed by atoms with van der Waals surface area (Å²) in [5.74, 6) is 0.374. The number of aliphatic hydroxyl groups excluding tert-OH is 1. The summed E-state index contributed by atoms with van der Waals surface area (Å²) in [5, 5.41) is 12.8. The second kappa shape index (κ2) is 5.75. The highest BCUT2D eigenvalue weighted by molar-refractivity contribution is 7.11. The van der Waals surface area contributed by atoms with Gasteiger partial charge in [0.2, 0.25) is 0 Å². The first-order chi connectivity index (χ1) is 9.02. The molecular weight excluding hydrogens is 264 g/mol. The maximum Gasteiger partial charge on any atom is 0.258 e. The van der Waals surface area contributed by atoms with Crippen molar-refractivity contribution in [2.45, 2.75) is 26.3 Å². The number of amides is 1. The van der Waals surface area contributed by atoms with E-state index in [2.05, 4.69) is 14.6 Å². The third-order valence-corrected chi connectivity index (χ3v) is 4.10. The Bertz CT molecular complexity index is 461. The number of nitrogens with zero attached hydrogens (tertiary/aromatic N) is 2. The number of aliphatic hydroxyl groups is 1.